The largest absolute Gasteiger partial charge is 0.467 e. The Balaban J connectivity index is 2.36. The Hall–Kier alpha value is -0.910. The van der Waals surface area contributed by atoms with Crippen LogP contribution in [-0.4, -0.2) is 13.1 Å². The number of carbonyl (C=O) groups excluding carboxylic acids is 1. The van der Waals surface area contributed by atoms with Gasteiger partial charge in [-0.2, -0.15) is 0 Å². The number of halogens is 1. The standard InChI is InChI=1S/C14H13BrO3S/c1-14(2)7-5-4-6-8-9(7)10(12(15)19-8)11(18-14)13(16)17-3/h4-6,11H,1-3H3. The zero-order valence-electron chi connectivity index (χ0n) is 10.8. The molecule has 0 amide bonds. The average molecular weight is 341 g/mol. The van der Waals surface area contributed by atoms with Crippen LogP contribution in [0, 0.1) is 0 Å². The zero-order valence-corrected chi connectivity index (χ0v) is 13.2. The quantitative estimate of drug-likeness (QED) is 0.731. The molecule has 0 N–H and O–H groups in total. The molecule has 1 atom stereocenters. The molecular weight excluding hydrogens is 328 g/mol. The van der Waals surface area contributed by atoms with Crippen LogP contribution in [0.15, 0.2) is 22.0 Å². The Morgan fingerprint density at radius 1 is 1.47 bits per heavy atom. The van der Waals surface area contributed by atoms with Crippen molar-refractivity contribution in [2.45, 2.75) is 25.6 Å². The predicted octanol–water partition coefficient (Wildman–Crippen LogP) is 4.14. The van der Waals surface area contributed by atoms with Crippen LogP contribution in [-0.2, 0) is 19.9 Å². The number of thiophene rings is 1. The lowest BCUT2D eigenvalue weighted by Crippen LogP contribution is -2.32. The maximum Gasteiger partial charge on any atom is 0.339 e. The van der Waals surface area contributed by atoms with Crippen molar-refractivity contribution in [3.8, 4) is 0 Å². The molecular formula is C14H13BrO3S. The summed E-state index contributed by atoms with van der Waals surface area (Å²) in [4.78, 5) is 12.0. The fraction of sp³-hybridized carbons (Fsp3) is 0.357. The normalized spacial score (nSPS) is 20.5. The minimum absolute atomic E-state index is 0.358. The molecule has 0 spiro atoms. The highest BCUT2D eigenvalue weighted by atomic mass is 79.9. The molecule has 1 aliphatic heterocycles. The van der Waals surface area contributed by atoms with Gasteiger partial charge < -0.3 is 9.47 Å². The van der Waals surface area contributed by atoms with Gasteiger partial charge in [0.25, 0.3) is 0 Å². The summed E-state index contributed by atoms with van der Waals surface area (Å²) in [6.45, 7) is 3.96. The van der Waals surface area contributed by atoms with E-state index in [1.165, 1.54) is 7.11 Å². The maximum absolute atomic E-state index is 12.0. The third-order valence-electron chi connectivity index (χ3n) is 3.45. The number of carbonyl (C=O) groups is 1. The van der Waals surface area contributed by atoms with Crippen LogP contribution < -0.4 is 0 Å². The number of methoxy groups -OCH3 is 1. The van der Waals surface area contributed by atoms with E-state index in [9.17, 15) is 4.79 Å². The van der Waals surface area contributed by atoms with Crippen LogP contribution in [0.3, 0.4) is 0 Å². The minimum Gasteiger partial charge on any atom is -0.467 e. The van der Waals surface area contributed by atoms with Crippen LogP contribution in [0.5, 0.6) is 0 Å². The van der Waals surface area contributed by atoms with Crippen molar-refractivity contribution in [1.29, 1.82) is 0 Å². The predicted molar refractivity (Wildman–Crippen MR) is 78.4 cm³/mol. The number of benzene rings is 1. The Morgan fingerprint density at radius 2 is 2.21 bits per heavy atom. The zero-order chi connectivity index (χ0) is 13.8. The van der Waals surface area contributed by atoms with Gasteiger partial charge in [-0.25, -0.2) is 4.79 Å². The summed E-state index contributed by atoms with van der Waals surface area (Å²) in [5, 5.41) is 1.12. The third-order valence-corrected chi connectivity index (χ3v) is 5.32. The maximum atomic E-state index is 12.0. The van der Waals surface area contributed by atoms with E-state index in [1.54, 1.807) is 11.3 Å². The molecule has 1 aromatic heterocycles. The third kappa shape index (κ3) is 1.83. The molecule has 1 aromatic carbocycles. The van der Waals surface area contributed by atoms with Crippen LogP contribution in [0.2, 0.25) is 0 Å². The first-order valence-electron chi connectivity index (χ1n) is 5.92. The van der Waals surface area contributed by atoms with Gasteiger partial charge in [0.2, 0.25) is 0 Å². The van der Waals surface area contributed by atoms with Gasteiger partial charge in [-0.15, -0.1) is 11.3 Å². The SMILES string of the molecule is COC(=O)C1OC(C)(C)c2cccc3sc(Br)c1c23. The van der Waals surface area contributed by atoms with E-state index < -0.39 is 11.7 Å². The van der Waals surface area contributed by atoms with Gasteiger partial charge in [0.15, 0.2) is 6.10 Å². The molecule has 19 heavy (non-hydrogen) atoms. The highest BCUT2D eigenvalue weighted by Gasteiger charge is 2.41. The number of rotatable bonds is 1. The first-order valence-corrected chi connectivity index (χ1v) is 7.53. The molecule has 1 aliphatic rings. The lowest BCUT2D eigenvalue weighted by Gasteiger charge is -2.35. The second kappa shape index (κ2) is 4.30. The van der Waals surface area contributed by atoms with Gasteiger partial charge in [0.05, 0.1) is 16.5 Å². The molecule has 0 saturated heterocycles. The van der Waals surface area contributed by atoms with Crippen molar-refractivity contribution in [3.63, 3.8) is 0 Å². The van der Waals surface area contributed by atoms with Crippen molar-refractivity contribution in [1.82, 2.24) is 0 Å². The lowest BCUT2D eigenvalue weighted by molar-refractivity contribution is -0.167. The molecule has 0 radical (unpaired) electrons. The molecule has 2 aromatic rings. The molecule has 0 bridgehead atoms. The molecule has 100 valence electrons. The molecule has 2 heterocycles. The number of hydrogen-bond donors (Lipinski definition) is 0. The summed E-state index contributed by atoms with van der Waals surface area (Å²) < 4.78 is 12.9. The second-order valence-corrected chi connectivity index (χ2v) is 7.37. The van der Waals surface area contributed by atoms with E-state index in [-0.39, 0.29) is 5.97 Å². The van der Waals surface area contributed by atoms with Gasteiger partial charge >= 0.3 is 5.97 Å². The lowest BCUT2D eigenvalue weighted by atomic mass is 9.88. The average Bonchev–Trinajstić information content (AvgIpc) is 2.70. The van der Waals surface area contributed by atoms with Gasteiger partial charge in [0.1, 0.15) is 0 Å². The fourth-order valence-electron chi connectivity index (χ4n) is 2.57. The number of hydrogen-bond acceptors (Lipinski definition) is 4. The summed E-state index contributed by atoms with van der Waals surface area (Å²) in [6.07, 6.45) is -0.668. The van der Waals surface area contributed by atoms with Crippen molar-refractivity contribution < 1.29 is 14.3 Å². The molecule has 0 saturated carbocycles. The molecule has 5 heteroatoms. The van der Waals surface area contributed by atoms with Crippen LogP contribution in [0.25, 0.3) is 10.1 Å². The highest BCUT2D eigenvalue weighted by Crippen LogP contribution is 2.50. The monoisotopic (exact) mass is 340 g/mol. The van der Waals surface area contributed by atoms with E-state index in [2.05, 4.69) is 28.1 Å². The smallest absolute Gasteiger partial charge is 0.339 e. The minimum atomic E-state index is -0.668. The molecule has 0 fully saturated rings. The van der Waals surface area contributed by atoms with E-state index in [0.29, 0.717) is 0 Å². The van der Waals surface area contributed by atoms with Crippen LogP contribution in [0.4, 0.5) is 0 Å². The molecule has 3 nitrogen and oxygen atoms in total. The van der Waals surface area contributed by atoms with Crippen molar-refractivity contribution >= 4 is 43.3 Å². The Kier molecular flexibility index (Phi) is 2.96. The topological polar surface area (TPSA) is 35.5 Å². The molecule has 0 aliphatic carbocycles. The Labute approximate surface area is 123 Å². The van der Waals surface area contributed by atoms with Gasteiger partial charge in [-0.05, 0) is 41.4 Å². The summed E-state index contributed by atoms with van der Waals surface area (Å²) in [5.41, 5.74) is 1.50. The molecule has 3 rings (SSSR count). The van der Waals surface area contributed by atoms with Crippen molar-refractivity contribution in [3.05, 3.63) is 33.1 Å². The van der Waals surface area contributed by atoms with E-state index >= 15 is 0 Å². The Bertz CT molecular complexity index is 675. The van der Waals surface area contributed by atoms with Crippen LogP contribution >= 0.6 is 27.3 Å². The molecule has 1 unspecified atom stereocenters. The first-order chi connectivity index (χ1) is 8.95. The first kappa shape index (κ1) is 13.1. The summed E-state index contributed by atoms with van der Waals surface area (Å²) >= 11 is 5.16. The van der Waals surface area contributed by atoms with E-state index in [1.807, 2.05) is 19.9 Å². The number of ether oxygens (including phenoxy) is 2. The summed E-state index contributed by atoms with van der Waals surface area (Å²) in [7, 11) is 1.39. The van der Waals surface area contributed by atoms with E-state index in [4.69, 9.17) is 9.47 Å². The highest BCUT2D eigenvalue weighted by molar-refractivity contribution is 9.11. The Morgan fingerprint density at radius 3 is 2.89 bits per heavy atom. The second-order valence-electron chi connectivity index (χ2n) is 5.00. The summed E-state index contributed by atoms with van der Waals surface area (Å²) in [5.74, 6) is -0.358. The van der Waals surface area contributed by atoms with Crippen LogP contribution in [0.1, 0.15) is 31.1 Å². The van der Waals surface area contributed by atoms with Crippen molar-refractivity contribution in [2.24, 2.45) is 0 Å². The van der Waals surface area contributed by atoms with Gasteiger partial charge in [-0.1, -0.05) is 12.1 Å². The number of esters is 1. The fourth-order valence-corrected chi connectivity index (χ4v) is 4.48. The van der Waals surface area contributed by atoms with E-state index in [0.717, 1.165) is 25.0 Å². The van der Waals surface area contributed by atoms with Crippen molar-refractivity contribution in [2.75, 3.05) is 7.11 Å². The van der Waals surface area contributed by atoms with Gasteiger partial charge in [0, 0.05) is 15.6 Å². The summed E-state index contributed by atoms with van der Waals surface area (Å²) in [6, 6.07) is 6.14. The van der Waals surface area contributed by atoms with Gasteiger partial charge in [-0.3, -0.25) is 0 Å².